The van der Waals surface area contributed by atoms with E-state index < -0.39 is 0 Å². The molecule has 0 aromatic carbocycles. The van der Waals surface area contributed by atoms with E-state index in [2.05, 4.69) is 20.4 Å². The van der Waals surface area contributed by atoms with Gasteiger partial charge in [0, 0.05) is 18.2 Å². The van der Waals surface area contributed by atoms with Crippen molar-refractivity contribution in [2.45, 2.75) is 57.4 Å². The highest BCUT2D eigenvalue weighted by Gasteiger charge is 2.21. The third-order valence-corrected chi connectivity index (χ3v) is 4.71. The Labute approximate surface area is 126 Å². The number of likely N-dealkylation sites (tertiary alicyclic amines) is 1. The minimum Gasteiger partial charge on any atom is -0.353 e. The molecule has 1 aliphatic carbocycles. The molecule has 1 aromatic rings. The van der Waals surface area contributed by atoms with Crippen LogP contribution >= 0.6 is 0 Å². The van der Waals surface area contributed by atoms with E-state index in [1.807, 2.05) is 6.20 Å². The van der Waals surface area contributed by atoms with Crippen molar-refractivity contribution in [2.24, 2.45) is 0 Å². The lowest BCUT2D eigenvalue weighted by molar-refractivity contribution is -0.122. The maximum absolute atomic E-state index is 12.1. The number of carbonyl (C=O) groups excluding carboxylic acids is 1. The number of hydrogen-bond acceptors (Lipinski definition) is 3. The van der Waals surface area contributed by atoms with Gasteiger partial charge in [0.05, 0.1) is 6.20 Å². The molecule has 5 nitrogen and oxygen atoms in total. The van der Waals surface area contributed by atoms with Gasteiger partial charge in [-0.2, -0.15) is 5.10 Å². The fourth-order valence-corrected chi connectivity index (χ4v) is 3.49. The van der Waals surface area contributed by atoms with E-state index in [9.17, 15) is 4.79 Å². The third kappa shape index (κ3) is 4.06. The Morgan fingerprint density at radius 3 is 3.10 bits per heavy atom. The van der Waals surface area contributed by atoms with E-state index in [0.717, 1.165) is 32.2 Å². The maximum atomic E-state index is 12.1. The van der Waals surface area contributed by atoms with Gasteiger partial charge in [-0.3, -0.25) is 9.89 Å². The van der Waals surface area contributed by atoms with Gasteiger partial charge in [-0.05, 0) is 63.7 Å². The molecule has 0 unspecified atom stereocenters. The maximum Gasteiger partial charge on any atom is 0.220 e. The summed E-state index contributed by atoms with van der Waals surface area (Å²) < 4.78 is 0. The Bertz CT molecular complexity index is 465. The number of aromatic amines is 1. The lowest BCUT2D eigenvalue weighted by atomic mass is 9.93. The predicted octanol–water partition coefficient (Wildman–Crippen LogP) is 1.65. The molecule has 0 radical (unpaired) electrons. The Balaban J connectivity index is 1.35. The summed E-state index contributed by atoms with van der Waals surface area (Å²) in [5.41, 5.74) is 2.51. The molecule has 1 aromatic heterocycles. The van der Waals surface area contributed by atoms with Crippen molar-refractivity contribution >= 4 is 5.91 Å². The zero-order chi connectivity index (χ0) is 14.5. The van der Waals surface area contributed by atoms with Crippen molar-refractivity contribution in [3.63, 3.8) is 0 Å². The number of nitrogens with one attached hydrogen (secondary N) is 2. The molecule has 1 aliphatic heterocycles. The average Bonchev–Trinajstić information content (AvgIpc) is 2.96. The van der Waals surface area contributed by atoms with Gasteiger partial charge in [0.1, 0.15) is 0 Å². The summed E-state index contributed by atoms with van der Waals surface area (Å²) in [5.74, 6) is 0.212. The summed E-state index contributed by atoms with van der Waals surface area (Å²) in [7, 11) is 0. The quantitative estimate of drug-likeness (QED) is 0.867. The highest BCUT2D eigenvalue weighted by atomic mass is 16.1. The van der Waals surface area contributed by atoms with Crippen LogP contribution in [0.5, 0.6) is 0 Å². The Kier molecular flexibility index (Phi) is 4.91. The van der Waals surface area contributed by atoms with Gasteiger partial charge in [-0.25, -0.2) is 0 Å². The topological polar surface area (TPSA) is 61.0 Å². The van der Waals surface area contributed by atoms with Gasteiger partial charge < -0.3 is 10.2 Å². The van der Waals surface area contributed by atoms with Crippen LogP contribution in [0, 0.1) is 0 Å². The fraction of sp³-hybridized carbons (Fsp3) is 0.750. The number of amides is 1. The minimum atomic E-state index is 0.212. The van der Waals surface area contributed by atoms with E-state index in [0.29, 0.717) is 6.42 Å². The Morgan fingerprint density at radius 2 is 2.24 bits per heavy atom. The van der Waals surface area contributed by atoms with Crippen molar-refractivity contribution in [3.8, 4) is 0 Å². The number of hydrogen-bond donors (Lipinski definition) is 2. The van der Waals surface area contributed by atoms with Crippen LogP contribution in [-0.4, -0.2) is 46.7 Å². The van der Waals surface area contributed by atoms with Crippen molar-refractivity contribution in [1.29, 1.82) is 0 Å². The number of piperidine rings is 1. The number of rotatable bonds is 5. The number of carbonyl (C=O) groups is 1. The molecule has 0 bridgehead atoms. The first-order valence-electron chi connectivity index (χ1n) is 8.34. The molecule has 0 spiro atoms. The molecule has 3 rings (SSSR count). The molecule has 116 valence electrons. The molecule has 2 aliphatic rings. The first-order valence-corrected chi connectivity index (χ1v) is 8.34. The van der Waals surface area contributed by atoms with Gasteiger partial charge in [0.25, 0.3) is 0 Å². The normalized spacial score (nSPS) is 22.8. The van der Waals surface area contributed by atoms with Crippen LogP contribution in [-0.2, 0) is 17.6 Å². The zero-order valence-corrected chi connectivity index (χ0v) is 12.7. The Hall–Kier alpha value is -1.36. The standard InChI is InChI=1S/C16H26N4O/c21-16(5-4-10-20-8-2-1-3-9-20)18-14-6-7-15-13(11-14)12-17-19-15/h12,14H,1-11H2,(H,17,19)(H,18,21)/t14-/m0/s1. The zero-order valence-electron chi connectivity index (χ0n) is 12.7. The van der Waals surface area contributed by atoms with Crippen LogP contribution in [0.4, 0.5) is 0 Å². The largest absolute Gasteiger partial charge is 0.353 e. The number of fused-ring (bicyclic) bond motifs is 1. The molecule has 5 heteroatoms. The highest BCUT2D eigenvalue weighted by molar-refractivity contribution is 5.76. The molecule has 2 heterocycles. The summed E-state index contributed by atoms with van der Waals surface area (Å²) in [4.78, 5) is 14.5. The first-order chi connectivity index (χ1) is 10.3. The van der Waals surface area contributed by atoms with Crippen molar-refractivity contribution < 1.29 is 4.79 Å². The highest BCUT2D eigenvalue weighted by Crippen LogP contribution is 2.19. The summed E-state index contributed by atoms with van der Waals surface area (Å²) >= 11 is 0. The molecule has 1 saturated heterocycles. The van der Waals surface area contributed by atoms with Gasteiger partial charge >= 0.3 is 0 Å². The van der Waals surface area contributed by atoms with Gasteiger partial charge in [0.15, 0.2) is 0 Å². The summed E-state index contributed by atoms with van der Waals surface area (Å²) in [5, 5.41) is 10.3. The lowest BCUT2D eigenvalue weighted by Gasteiger charge is -2.26. The van der Waals surface area contributed by atoms with E-state index in [-0.39, 0.29) is 11.9 Å². The van der Waals surface area contributed by atoms with E-state index >= 15 is 0 Å². The Morgan fingerprint density at radius 1 is 1.38 bits per heavy atom. The molecule has 21 heavy (non-hydrogen) atoms. The molecular weight excluding hydrogens is 264 g/mol. The lowest BCUT2D eigenvalue weighted by Crippen LogP contribution is -2.39. The predicted molar refractivity (Wildman–Crippen MR) is 82.1 cm³/mol. The molecule has 2 N–H and O–H groups in total. The van der Waals surface area contributed by atoms with Crippen molar-refractivity contribution in [3.05, 3.63) is 17.5 Å². The van der Waals surface area contributed by atoms with Crippen LogP contribution in [0.15, 0.2) is 6.20 Å². The summed E-state index contributed by atoms with van der Waals surface area (Å²) in [6, 6.07) is 0.289. The summed E-state index contributed by atoms with van der Waals surface area (Å²) in [6.07, 6.45) is 10.5. The minimum absolute atomic E-state index is 0.212. The van der Waals surface area contributed by atoms with Crippen LogP contribution in [0.2, 0.25) is 0 Å². The van der Waals surface area contributed by atoms with E-state index in [1.165, 1.54) is 43.6 Å². The van der Waals surface area contributed by atoms with Crippen LogP contribution in [0.1, 0.15) is 49.8 Å². The van der Waals surface area contributed by atoms with Crippen molar-refractivity contribution in [2.75, 3.05) is 19.6 Å². The number of H-pyrrole nitrogens is 1. The van der Waals surface area contributed by atoms with Crippen molar-refractivity contribution in [1.82, 2.24) is 20.4 Å². The molecule has 1 fully saturated rings. The molecule has 1 amide bonds. The van der Waals surface area contributed by atoms with Crippen LogP contribution in [0.25, 0.3) is 0 Å². The van der Waals surface area contributed by atoms with Gasteiger partial charge in [0.2, 0.25) is 5.91 Å². The van der Waals surface area contributed by atoms with E-state index in [1.54, 1.807) is 0 Å². The first kappa shape index (κ1) is 14.6. The fourth-order valence-electron chi connectivity index (χ4n) is 3.49. The number of aryl methyl sites for hydroxylation is 1. The SMILES string of the molecule is O=C(CCCN1CCCCC1)N[C@H]1CCc2[nH]ncc2C1. The van der Waals surface area contributed by atoms with Crippen LogP contribution < -0.4 is 5.32 Å². The van der Waals surface area contributed by atoms with Crippen LogP contribution in [0.3, 0.4) is 0 Å². The van der Waals surface area contributed by atoms with Gasteiger partial charge in [-0.15, -0.1) is 0 Å². The van der Waals surface area contributed by atoms with E-state index in [4.69, 9.17) is 0 Å². The second-order valence-corrected chi connectivity index (χ2v) is 6.39. The summed E-state index contributed by atoms with van der Waals surface area (Å²) in [6.45, 7) is 3.50. The molecular formula is C16H26N4O. The van der Waals surface area contributed by atoms with Gasteiger partial charge in [-0.1, -0.05) is 6.42 Å². The monoisotopic (exact) mass is 290 g/mol. The average molecular weight is 290 g/mol. The third-order valence-electron chi connectivity index (χ3n) is 4.71. The smallest absolute Gasteiger partial charge is 0.220 e. The second-order valence-electron chi connectivity index (χ2n) is 6.39. The molecule has 0 saturated carbocycles. The number of aromatic nitrogens is 2. The second kappa shape index (κ2) is 7.07. The number of nitrogens with zero attached hydrogens (tertiary/aromatic N) is 2. The molecule has 1 atom stereocenters.